The Bertz CT molecular complexity index is 382. The van der Waals surface area contributed by atoms with Crippen LogP contribution < -0.4 is 5.32 Å². The van der Waals surface area contributed by atoms with Crippen LogP contribution in [-0.2, 0) is 4.74 Å². The zero-order chi connectivity index (χ0) is 12.3. The molecule has 4 heteroatoms. The number of ether oxygens (including phenoxy) is 1. The van der Waals surface area contributed by atoms with Gasteiger partial charge in [-0.05, 0) is 12.5 Å². The van der Waals surface area contributed by atoms with Crippen molar-refractivity contribution in [3.05, 3.63) is 35.4 Å². The van der Waals surface area contributed by atoms with E-state index in [0.717, 1.165) is 25.5 Å². The minimum atomic E-state index is -0.555. The minimum absolute atomic E-state index is 0.114. The second kappa shape index (κ2) is 5.56. The first-order valence-electron chi connectivity index (χ1n) is 6.02. The molecule has 0 aromatic heterocycles. The molecule has 1 aromatic carbocycles. The highest BCUT2D eigenvalue weighted by Gasteiger charge is 2.24. The summed E-state index contributed by atoms with van der Waals surface area (Å²) in [7, 11) is 0. The van der Waals surface area contributed by atoms with Gasteiger partial charge in [-0.2, -0.15) is 0 Å². The van der Waals surface area contributed by atoms with Crippen LogP contribution in [0.1, 0.15) is 31.4 Å². The molecule has 1 aliphatic rings. The Morgan fingerprint density at radius 1 is 1.35 bits per heavy atom. The largest absolute Gasteiger partial charge is 0.368 e. The van der Waals surface area contributed by atoms with Crippen molar-refractivity contribution in [1.29, 1.82) is 0 Å². The highest BCUT2D eigenvalue weighted by molar-refractivity contribution is 5.21. The van der Waals surface area contributed by atoms with Gasteiger partial charge in [-0.3, -0.25) is 0 Å². The van der Waals surface area contributed by atoms with E-state index in [-0.39, 0.29) is 12.2 Å². The number of nitrogens with one attached hydrogen (secondary N) is 1. The molecule has 1 fully saturated rings. The number of benzene rings is 1. The highest BCUT2D eigenvalue weighted by atomic mass is 19.1. The number of halogens is 2. The molecule has 1 heterocycles. The molecule has 1 saturated heterocycles. The maximum Gasteiger partial charge on any atom is 0.131 e. The van der Waals surface area contributed by atoms with Gasteiger partial charge in [0.25, 0.3) is 0 Å². The monoisotopic (exact) mass is 241 g/mol. The van der Waals surface area contributed by atoms with Gasteiger partial charge in [0, 0.05) is 24.7 Å². The van der Waals surface area contributed by atoms with E-state index in [1.165, 1.54) is 12.1 Å². The van der Waals surface area contributed by atoms with Crippen LogP contribution >= 0.6 is 0 Å². The minimum Gasteiger partial charge on any atom is -0.368 e. The van der Waals surface area contributed by atoms with Crippen LogP contribution in [0.15, 0.2) is 18.2 Å². The van der Waals surface area contributed by atoms with Gasteiger partial charge >= 0.3 is 0 Å². The zero-order valence-electron chi connectivity index (χ0n) is 9.88. The first-order valence-corrected chi connectivity index (χ1v) is 6.02. The molecule has 1 N–H and O–H groups in total. The fraction of sp³-hybridized carbons (Fsp3) is 0.538. The van der Waals surface area contributed by atoms with E-state index in [1.807, 2.05) is 0 Å². The molecular formula is C13H17F2NO. The highest BCUT2D eigenvalue weighted by Crippen LogP contribution is 2.25. The fourth-order valence-electron chi connectivity index (χ4n) is 2.14. The van der Waals surface area contributed by atoms with Crippen molar-refractivity contribution >= 4 is 0 Å². The van der Waals surface area contributed by atoms with Crippen molar-refractivity contribution in [2.45, 2.75) is 32.0 Å². The second-order valence-corrected chi connectivity index (χ2v) is 4.36. The van der Waals surface area contributed by atoms with E-state index >= 15 is 0 Å². The number of rotatable bonds is 3. The Balaban J connectivity index is 2.10. The van der Waals surface area contributed by atoms with Crippen LogP contribution in [0.25, 0.3) is 0 Å². The molecule has 2 rings (SSSR count). The van der Waals surface area contributed by atoms with Crippen molar-refractivity contribution < 1.29 is 13.5 Å². The van der Waals surface area contributed by atoms with Gasteiger partial charge in [0.2, 0.25) is 0 Å². The molecule has 0 amide bonds. The van der Waals surface area contributed by atoms with Crippen LogP contribution in [0, 0.1) is 11.6 Å². The normalized spacial score (nSPS) is 24.9. The summed E-state index contributed by atoms with van der Waals surface area (Å²) < 4.78 is 32.2. The Hall–Kier alpha value is -1.00. The Morgan fingerprint density at radius 2 is 2.18 bits per heavy atom. The van der Waals surface area contributed by atoms with Crippen molar-refractivity contribution in [1.82, 2.24) is 5.32 Å². The smallest absolute Gasteiger partial charge is 0.131 e. The van der Waals surface area contributed by atoms with Gasteiger partial charge < -0.3 is 10.1 Å². The topological polar surface area (TPSA) is 21.3 Å². The molecule has 0 radical (unpaired) electrons. The summed E-state index contributed by atoms with van der Waals surface area (Å²) in [5, 5.41) is 3.22. The van der Waals surface area contributed by atoms with Crippen LogP contribution in [0.5, 0.6) is 0 Å². The van der Waals surface area contributed by atoms with Crippen molar-refractivity contribution in [2.75, 3.05) is 13.1 Å². The van der Waals surface area contributed by atoms with Crippen molar-refractivity contribution in [3.63, 3.8) is 0 Å². The maximum absolute atomic E-state index is 13.6. The molecule has 2 atom stereocenters. The summed E-state index contributed by atoms with van der Waals surface area (Å²) in [6.07, 6.45) is 1.78. The van der Waals surface area contributed by atoms with Crippen LogP contribution in [0.4, 0.5) is 8.78 Å². The molecule has 17 heavy (non-hydrogen) atoms. The van der Waals surface area contributed by atoms with Crippen molar-refractivity contribution in [2.24, 2.45) is 0 Å². The lowest BCUT2D eigenvalue weighted by molar-refractivity contribution is -0.0440. The molecular weight excluding hydrogens is 224 g/mol. The molecule has 94 valence electrons. The van der Waals surface area contributed by atoms with Gasteiger partial charge in [0.05, 0.1) is 12.2 Å². The molecule has 0 bridgehead atoms. The number of hydrogen-bond donors (Lipinski definition) is 1. The quantitative estimate of drug-likeness (QED) is 0.878. The molecule has 1 aliphatic heterocycles. The van der Waals surface area contributed by atoms with Gasteiger partial charge in [-0.25, -0.2) is 8.78 Å². The van der Waals surface area contributed by atoms with E-state index in [2.05, 4.69) is 12.2 Å². The lowest BCUT2D eigenvalue weighted by atomic mass is 10.1. The lowest BCUT2D eigenvalue weighted by Gasteiger charge is -2.31. The summed E-state index contributed by atoms with van der Waals surface area (Å²) >= 11 is 0. The number of hydrogen-bond acceptors (Lipinski definition) is 2. The molecule has 2 unspecified atom stereocenters. The summed E-state index contributed by atoms with van der Waals surface area (Å²) in [4.78, 5) is 0. The summed E-state index contributed by atoms with van der Waals surface area (Å²) in [5.74, 6) is -1.09. The maximum atomic E-state index is 13.6. The van der Waals surface area contributed by atoms with Gasteiger partial charge in [-0.1, -0.05) is 19.4 Å². The second-order valence-electron chi connectivity index (χ2n) is 4.36. The average molecular weight is 241 g/mol. The summed E-state index contributed by atoms with van der Waals surface area (Å²) in [5.41, 5.74) is 0.430. The first-order chi connectivity index (χ1) is 8.20. The molecule has 0 spiro atoms. The third-order valence-electron chi connectivity index (χ3n) is 2.98. The number of morpholine rings is 1. The Labute approximate surface area is 100.0 Å². The van der Waals surface area contributed by atoms with Gasteiger partial charge in [0.1, 0.15) is 11.6 Å². The molecule has 1 aromatic rings. The lowest BCUT2D eigenvalue weighted by Crippen LogP contribution is -2.40. The molecule has 0 aliphatic carbocycles. The first kappa shape index (κ1) is 12.5. The van der Waals surface area contributed by atoms with Crippen LogP contribution in [0.2, 0.25) is 0 Å². The van der Waals surface area contributed by atoms with Gasteiger partial charge in [-0.15, -0.1) is 0 Å². The van der Waals surface area contributed by atoms with E-state index < -0.39 is 11.6 Å². The standard InChI is InChI=1S/C13H17F2NO/c1-2-3-10-7-16-8-13(17-10)11-5-4-9(14)6-12(11)15/h4-6,10,13,16H,2-3,7-8H2,1H3. The van der Waals surface area contributed by atoms with Crippen LogP contribution in [-0.4, -0.2) is 19.2 Å². The predicted octanol–water partition coefficient (Wildman–Crippen LogP) is 2.79. The van der Waals surface area contributed by atoms with Crippen LogP contribution in [0.3, 0.4) is 0 Å². The summed E-state index contributed by atoms with van der Waals surface area (Å²) in [6.45, 7) is 3.46. The molecule has 2 nitrogen and oxygen atoms in total. The van der Waals surface area contributed by atoms with E-state index in [0.29, 0.717) is 12.1 Å². The Kier molecular flexibility index (Phi) is 4.07. The van der Waals surface area contributed by atoms with E-state index in [4.69, 9.17) is 4.74 Å². The van der Waals surface area contributed by atoms with E-state index in [9.17, 15) is 8.78 Å². The fourth-order valence-corrected chi connectivity index (χ4v) is 2.14. The Morgan fingerprint density at radius 3 is 2.88 bits per heavy atom. The van der Waals surface area contributed by atoms with E-state index in [1.54, 1.807) is 0 Å². The third kappa shape index (κ3) is 3.01. The van der Waals surface area contributed by atoms with Crippen molar-refractivity contribution in [3.8, 4) is 0 Å². The van der Waals surface area contributed by atoms with Gasteiger partial charge in [0.15, 0.2) is 0 Å². The summed E-state index contributed by atoms with van der Waals surface area (Å²) in [6, 6.07) is 3.64. The molecule has 0 saturated carbocycles. The SMILES string of the molecule is CCCC1CNCC(c2ccc(F)cc2F)O1. The predicted molar refractivity (Wildman–Crippen MR) is 61.7 cm³/mol. The zero-order valence-corrected chi connectivity index (χ0v) is 9.88. The third-order valence-corrected chi connectivity index (χ3v) is 2.98. The average Bonchev–Trinajstić information content (AvgIpc) is 2.29.